The van der Waals surface area contributed by atoms with Crippen LogP contribution in [0.15, 0.2) is 42.5 Å². The molecule has 0 bridgehead atoms. The fourth-order valence-electron chi connectivity index (χ4n) is 2.13. The summed E-state index contributed by atoms with van der Waals surface area (Å²) in [4.78, 5) is 0. The SMILES string of the molecule is Fc1cccc(OC(F)(F)C2(c3ccc(F)cc3F)CO2)c1. The highest BCUT2D eigenvalue weighted by molar-refractivity contribution is 5.32. The number of alkyl halides is 2. The molecule has 7 heteroatoms. The zero-order valence-electron chi connectivity index (χ0n) is 11.0. The summed E-state index contributed by atoms with van der Waals surface area (Å²) in [5, 5.41) is 0. The largest absolute Gasteiger partial charge is 0.434 e. The molecule has 116 valence electrons. The molecule has 1 aliphatic rings. The number of hydrogen-bond acceptors (Lipinski definition) is 2. The van der Waals surface area contributed by atoms with Crippen molar-refractivity contribution in [3.05, 3.63) is 65.5 Å². The van der Waals surface area contributed by atoms with Crippen LogP contribution in [0.25, 0.3) is 0 Å². The van der Waals surface area contributed by atoms with E-state index in [1.54, 1.807) is 0 Å². The van der Waals surface area contributed by atoms with E-state index in [1.165, 1.54) is 6.07 Å². The van der Waals surface area contributed by atoms with E-state index in [0.29, 0.717) is 6.07 Å². The Labute approximate surface area is 122 Å². The van der Waals surface area contributed by atoms with Gasteiger partial charge in [0.25, 0.3) is 0 Å². The van der Waals surface area contributed by atoms with Crippen molar-refractivity contribution in [2.24, 2.45) is 0 Å². The van der Waals surface area contributed by atoms with E-state index in [9.17, 15) is 22.0 Å². The predicted molar refractivity (Wildman–Crippen MR) is 66.0 cm³/mol. The average Bonchev–Trinajstić information content (AvgIpc) is 3.20. The van der Waals surface area contributed by atoms with Crippen LogP contribution in [0.5, 0.6) is 5.75 Å². The lowest BCUT2D eigenvalue weighted by atomic mass is 9.98. The van der Waals surface area contributed by atoms with Crippen molar-refractivity contribution in [3.63, 3.8) is 0 Å². The van der Waals surface area contributed by atoms with Crippen LogP contribution < -0.4 is 4.74 Å². The molecule has 0 radical (unpaired) electrons. The van der Waals surface area contributed by atoms with Gasteiger partial charge >= 0.3 is 6.11 Å². The van der Waals surface area contributed by atoms with Crippen LogP contribution in [0.3, 0.4) is 0 Å². The van der Waals surface area contributed by atoms with Gasteiger partial charge in [0.05, 0.1) is 6.61 Å². The van der Waals surface area contributed by atoms with Gasteiger partial charge in [0.15, 0.2) is 0 Å². The molecule has 1 heterocycles. The summed E-state index contributed by atoms with van der Waals surface area (Å²) in [5.41, 5.74) is -2.87. The summed E-state index contributed by atoms with van der Waals surface area (Å²) in [6, 6.07) is 6.37. The topological polar surface area (TPSA) is 21.8 Å². The normalized spacial score (nSPS) is 20.8. The number of rotatable bonds is 4. The Morgan fingerprint density at radius 1 is 1.00 bits per heavy atom. The highest BCUT2D eigenvalue weighted by atomic mass is 19.3. The van der Waals surface area contributed by atoms with Crippen LogP contribution in [-0.4, -0.2) is 12.7 Å². The average molecular weight is 316 g/mol. The maximum absolute atomic E-state index is 14.3. The Morgan fingerprint density at radius 3 is 2.27 bits per heavy atom. The first-order valence-electron chi connectivity index (χ1n) is 6.26. The molecule has 1 saturated heterocycles. The summed E-state index contributed by atoms with van der Waals surface area (Å²) in [5.74, 6) is -3.25. The molecular formula is C15H9F5O2. The lowest BCUT2D eigenvalue weighted by Gasteiger charge is -2.25. The van der Waals surface area contributed by atoms with Crippen molar-refractivity contribution in [2.45, 2.75) is 11.7 Å². The molecular weight excluding hydrogens is 307 g/mol. The van der Waals surface area contributed by atoms with E-state index in [1.807, 2.05) is 0 Å². The Hall–Kier alpha value is -2.15. The summed E-state index contributed by atoms with van der Waals surface area (Å²) in [6.45, 7) is -0.502. The van der Waals surface area contributed by atoms with Crippen molar-refractivity contribution in [1.29, 1.82) is 0 Å². The monoisotopic (exact) mass is 316 g/mol. The van der Waals surface area contributed by atoms with Gasteiger partial charge in [-0.2, -0.15) is 8.78 Å². The molecule has 1 atom stereocenters. The standard InChI is InChI=1S/C15H9F5O2/c16-9-2-1-3-11(6-9)22-15(19,20)14(8-21-14)12-5-4-10(17)7-13(12)18/h1-7H,8H2. The van der Waals surface area contributed by atoms with Gasteiger partial charge in [-0.3, -0.25) is 0 Å². The van der Waals surface area contributed by atoms with E-state index in [2.05, 4.69) is 4.74 Å². The number of benzene rings is 2. The van der Waals surface area contributed by atoms with Gasteiger partial charge in [0, 0.05) is 17.7 Å². The van der Waals surface area contributed by atoms with Crippen LogP contribution in [-0.2, 0) is 10.3 Å². The molecule has 0 aromatic heterocycles. The Bertz CT molecular complexity index is 713. The van der Waals surface area contributed by atoms with Gasteiger partial charge in [0.2, 0.25) is 5.60 Å². The fourth-order valence-corrected chi connectivity index (χ4v) is 2.13. The molecule has 0 N–H and O–H groups in total. The van der Waals surface area contributed by atoms with Crippen LogP contribution in [0, 0.1) is 17.5 Å². The number of epoxide rings is 1. The Morgan fingerprint density at radius 2 is 1.68 bits per heavy atom. The van der Waals surface area contributed by atoms with Crippen LogP contribution in [0.2, 0.25) is 0 Å². The molecule has 1 fully saturated rings. The molecule has 2 aromatic rings. The maximum atomic E-state index is 14.3. The maximum Gasteiger partial charge on any atom is 0.434 e. The van der Waals surface area contributed by atoms with Crippen LogP contribution in [0.1, 0.15) is 5.56 Å². The van der Waals surface area contributed by atoms with E-state index in [4.69, 9.17) is 4.74 Å². The van der Waals surface area contributed by atoms with Crippen molar-refractivity contribution < 1.29 is 31.4 Å². The zero-order valence-corrected chi connectivity index (χ0v) is 11.0. The van der Waals surface area contributed by atoms with E-state index in [-0.39, 0.29) is 0 Å². The minimum atomic E-state index is -3.96. The summed E-state index contributed by atoms with van der Waals surface area (Å²) in [7, 11) is 0. The van der Waals surface area contributed by atoms with Gasteiger partial charge in [-0.25, -0.2) is 13.2 Å². The highest BCUT2D eigenvalue weighted by Gasteiger charge is 2.69. The third-order valence-corrected chi connectivity index (χ3v) is 3.31. The molecule has 2 aromatic carbocycles. The number of hydrogen-bond donors (Lipinski definition) is 0. The van der Waals surface area contributed by atoms with Gasteiger partial charge in [-0.1, -0.05) is 6.07 Å². The summed E-state index contributed by atoms with van der Waals surface area (Å²) >= 11 is 0. The molecule has 0 aliphatic carbocycles. The minimum absolute atomic E-state index is 0.428. The molecule has 1 unspecified atom stereocenters. The van der Waals surface area contributed by atoms with E-state index in [0.717, 1.165) is 30.3 Å². The second kappa shape index (κ2) is 4.95. The molecule has 0 amide bonds. The van der Waals surface area contributed by atoms with Crippen LogP contribution >= 0.6 is 0 Å². The molecule has 3 rings (SSSR count). The minimum Gasteiger partial charge on any atom is -0.430 e. The smallest absolute Gasteiger partial charge is 0.430 e. The predicted octanol–water partition coefficient (Wildman–Crippen LogP) is 4.00. The van der Waals surface area contributed by atoms with Gasteiger partial charge in [-0.15, -0.1) is 0 Å². The lowest BCUT2D eigenvalue weighted by Crippen LogP contribution is -2.41. The third-order valence-electron chi connectivity index (χ3n) is 3.31. The summed E-state index contributed by atoms with van der Waals surface area (Å²) in [6.07, 6.45) is -3.96. The zero-order chi connectivity index (χ0) is 16.0. The Kier molecular flexibility index (Phi) is 3.32. The van der Waals surface area contributed by atoms with Crippen molar-refractivity contribution >= 4 is 0 Å². The number of ether oxygens (including phenoxy) is 2. The highest BCUT2D eigenvalue weighted by Crippen LogP contribution is 2.52. The lowest BCUT2D eigenvalue weighted by molar-refractivity contribution is -0.227. The van der Waals surface area contributed by atoms with Crippen molar-refractivity contribution in [1.82, 2.24) is 0 Å². The Balaban J connectivity index is 1.93. The van der Waals surface area contributed by atoms with E-state index >= 15 is 0 Å². The third kappa shape index (κ3) is 2.41. The number of halogens is 5. The van der Waals surface area contributed by atoms with Gasteiger partial charge in [0.1, 0.15) is 23.2 Å². The molecule has 22 heavy (non-hydrogen) atoms. The van der Waals surface area contributed by atoms with Crippen molar-refractivity contribution in [2.75, 3.05) is 6.61 Å². The summed E-state index contributed by atoms with van der Waals surface area (Å²) < 4.78 is 77.5. The fraction of sp³-hybridized carbons (Fsp3) is 0.200. The first-order valence-corrected chi connectivity index (χ1v) is 6.26. The first-order chi connectivity index (χ1) is 10.3. The van der Waals surface area contributed by atoms with E-state index < -0.39 is 47.1 Å². The molecule has 2 nitrogen and oxygen atoms in total. The molecule has 0 saturated carbocycles. The van der Waals surface area contributed by atoms with Gasteiger partial charge in [-0.05, 0) is 24.3 Å². The quantitative estimate of drug-likeness (QED) is 0.628. The second-order valence-electron chi connectivity index (χ2n) is 4.82. The van der Waals surface area contributed by atoms with Crippen LogP contribution in [0.4, 0.5) is 22.0 Å². The molecule has 0 spiro atoms. The first kappa shape index (κ1) is 14.8. The second-order valence-corrected chi connectivity index (χ2v) is 4.82. The van der Waals surface area contributed by atoms with Gasteiger partial charge < -0.3 is 9.47 Å². The van der Waals surface area contributed by atoms with Crippen molar-refractivity contribution in [3.8, 4) is 5.75 Å². The molecule has 1 aliphatic heterocycles.